The van der Waals surface area contributed by atoms with Gasteiger partial charge in [-0.25, -0.2) is 18.5 Å². The second-order valence-corrected chi connectivity index (χ2v) is 9.58. The van der Waals surface area contributed by atoms with Crippen LogP contribution in [0, 0.1) is 0 Å². The van der Waals surface area contributed by atoms with Gasteiger partial charge >= 0.3 is 0 Å². The van der Waals surface area contributed by atoms with E-state index >= 15 is 0 Å². The Labute approximate surface area is 180 Å². The summed E-state index contributed by atoms with van der Waals surface area (Å²) in [6.07, 6.45) is 4.51. The molecule has 1 saturated heterocycles. The minimum absolute atomic E-state index is 0.0370. The van der Waals surface area contributed by atoms with Crippen LogP contribution in [0.5, 0.6) is 0 Å². The van der Waals surface area contributed by atoms with Crippen LogP contribution >= 0.6 is 11.6 Å². The van der Waals surface area contributed by atoms with E-state index in [1.165, 1.54) is 12.3 Å². The topological polar surface area (TPSA) is 120 Å². The van der Waals surface area contributed by atoms with Crippen LogP contribution < -0.4 is 15.4 Å². The summed E-state index contributed by atoms with van der Waals surface area (Å²) in [4.78, 5) is 10.8. The summed E-state index contributed by atoms with van der Waals surface area (Å²) in [5.41, 5.74) is 0.0896. The van der Waals surface area contributed by atoms with Crippen LogP contribution in [-0.4, -0.2) is 56.9 Å². The Morgan fingerprint density at radius 3 is 2.83 bits per heavy atom. The van der Waals surface area contributed by atoms with E-state index in [2.05, 4.69) is 20.2 Å². The quantitative estimate of drug-likeness (QED) is 0.683. The lowest BCUT2D eigenvalue weighted by atomic mass is 9.78. The molecular weight excluding hydrogens is 430 g/mol. The van der Waals surface area contributed by atoms with Gasteiger partial charge in [0.1, 0.15) is 9.92 Å². The molecule has 3 N–H and O–H groups in total. The number of primary sulfonamides is 1. The summed E-state index contributed by atoms with van der Waals surface area (Å²) in [6, 6.07) is 6.32. The monoisotopic (exact) mass is 453 g/mol. The van der Waals surface area contributed by atoms with E-state index < -0.39 is 10.0 Å². The molecule has 162 valence electrons. The molecular formula is C19H24ClN5O4S. The number of rotatable bonds is 6. The number of methoxy groups -OCH3 is 1. The van der Waals surface area contributed by atoms with Gasteiger partial charge in [0, 0.05) is 20.2 Å². The zero-order valence-electron chi connectivity index (χ0n) is 16.5. The molecule has 1 saturated carbocycles. The van der Waals surface area contributed by atoms with Gasteiger partial charge in [-0.3, -0.25) is 0 Å². The molecule has 1 aliphatic heterocycles. The number of morpholine rings is 1. The molecule has 11 heteroatoms. The van der Waals surface area contributed by atoms with E-state index in [1.54, 1.807) is 25.3 Å². The van der Waals surface area contributed by atoms with Crippen molar-refractivity contribution in [2.24, 2.45) is 5.14 Å². The Morgan fingerprint density at radius 2 is 2.17 bits per heavy atom. The average Bonchev–Trinajstić information content (AvgIpc) is 2.68. The Morgan fingerprint density at radius 1 is 1.40 bits per heavy atom. The number of hydrogen-bond acceptors (Lipinski definition) is 8. The van der Waals surface area contributed by atoms with Crippen molar-refractivity contribution >= 4 is 39.1 Å². The number of nitrogens with two attached hydrogens (primary N) is 1. The van der Waals surface area contributed by atoms with Gasteiger partial charge in [0.2, 0.25) is 16.0 Å². The first-order valence-electron chi connectivity index (χ1n) is 9.63. The SMILES string of the molecule is COC[C@@H]1CN(c2nc(Nc3ccccc3S(N)(=O)=O)ncc2Cl)CC2(CCC2)O1. The summed E-state index contributed by atoms with van der Waals surface area (Å²) in [5.74, 6) is 0.792. The van der Waals surface area contributed by atoms with Crippen molar-refractivity contribution in [2.75, 3.05) is 37.0 Å². The third-order valence-electron chi connectivity index (χ3n) is 5.40. The molecule has 0 bridgehead atoms. The minimum Gasteiger partial charge on any atom is -0.382 e. The van der Waals surface area contributed by atoms with Crippen molar-refractivity contribution in [1.82, 2.24) is 9.97 Å². The number of para-hydroxylation sites is 1. The van der Waals surface area contributed by atoms with E-state index in [-0.39, 0.29) is 22.5 Å². The second kappa shape index (κ2) is 8.27. The third-order valence-corrected chi connectivity index (χ3v) is 6.64. The number of anilines is 3. The van der Waals surface area contributed by atoms with Crippen LogP contribution in [0.3, 0.4) is 0 Å². The highest BCUT2D eigenvalue weighted by atomic mass is 35.5. The molecule has 2 fully saturated rings. The van der Waals surface area contributed by atoms with Crippen molar-refractivity contribution in [2.45, 2.75) is 35.9 Å². The number of sulfonamides is 1. The van der Waals surface area contributed by atoms with Gasteiger partial charge in [0.05, 0.1) is 30.2 Å². The summed E-state index contributed by atoms with van der Waals surface area (Å²) in [5, 5.41) is 8.67. The highest BCUT2D eigenvalue weighted by Crippen LogP contribution is 2.41. The van der Waals surface area contributed by atoms with Gasteiger partial charge < -0.3 is 19.7 Å². The maximum atomic E-state index is 11.9. The highest BCUT2D eigenvalue weighted by molar-refractivity contribution is 7.89. The molecule has 4 rings (SSSR count). The summed E-state index contributed by atoms with van der Waals surface area (Å²) >= 11 is 6.43. The number of nitrogens with zero attached hydrogens (tertiary/aromatic N) is 3. The molecule has 1 aliphatic carbocycles. The molecule has 0 amide bonds. The van der Waals surface area contributed by atoms with Crippen LogP contribution in [0.1, 0.15) is 19.3 Å². The van der Waals surface area contributed by atoms with Crippen molar-refractivity contribution in [3.8, 4) is 0 Å². The van der Waals surface area contributed by atoms with Crippen molar-refractivity contribution in [3.05, 3.63) is 35.5 Å². The number of benzene rings is 1. The first kappa shape index (κ1) is 21.3. The average molecular weight is 454 g/mol. The van der Waals surface area contributed by atoms with E-state index in [0.717, 1.165) is 19.3 Å². The molecule has 1 atom stereocenters. The maximum absolute atomic E-state index is 11.9. The van der Waals surface area contributed by atoms with Gasteiger partial charge in [-0.15, -0.1) is 0 Å². The zero-order valence-corrected chi connectivity index (χ0v) is 18.1. The number of halogens is 1. The Bertz CT molecular complexity index is 1030. The highest BCUT2D eigenvalue weighted by Gasteiger charge is 2.46. The van der Waals surface area contributed by atoms with Crippen LogP contribution in [-0.2, 0) is 19.5 Å². The summed E-state index contributed by atoms with van der Waals surface area (Å²) in [7, 11) is -2.25. The number of hydrogen-bond donors (Lipinski definition) is 2. The van der Waals surface area contributed by atoms with Crippen molar-refractivity contribution in [3.63, 3.8) is 0 Å². The van der Waals surface area contributed by atoms with Crippen LogP contribution in [0.4, 0.5) is 17.5 Å². The van der Waals surface area contributed by atoms with E-state index in [0.29, 0.717) is 36.2 Å². The van der Waals surface area contributed by atoms with E-state index in [9.17, 15) is 8.42 Å². The third kappa shape index (κ3) is 4.37. The molecule has 2 aromatic rings. The van der Waals surface area contributed by atoms with Crippen molar-refractivity contribution < 1.29 is 17.9 Å². The Hall–Kier alpha value is -1.98. The molecule has 9 nitrogen and oxygen atoms in total. The predicted molar refractivity (Wildman–Crippen MR) is 114 cm³/mol. The largest absolute Gasteiger partial charge is 0.382 e. The molecule has 1 aromatic carbocycles. The van der Waals surface area contributed by atoms with Crippen LogP contribution in [0.15, 0.2) is 35.4 Å². The summed E-state index contributed by atoms with van der Waals surface area (Å²) < 4.78 is 35.3. The van der Waals surface area contributed by atoms with Crippen LogP contribution in [0.2, 0.25) is 5.02 Å². The Kier molecular flexibility index (Phi) is 5.86. The smallest absolute Gasteiger partial charge is 0.240 e. The molecule has 1 aromatic heterocycles. The van der Waals surface area contributed by atoms with Gasteiger partial charge in [0.15, 0.2) is 5.82 Å². The fraction of sp³-hybridized carbons (Fsp3) is 0.474. The second-order valence-electron chi connectivity index (χ2n) is 7.64. The molecule has 1 spiro atoms. The fourth-order valence-corrected chi connectivity index (χ4v) is 4.85. The van der Waals surface area contributed by atoms with Gasteiger partial charge in [-0.05, 0) is 31.4 Å². The standard InChI is InChI=1S/C19H24ClN5O4S/c1-28-11-13-10-25(12-19(29-13)7-4-8-19)17-14(20)9-22-18(24-17)23-15-5-2-3-6-16(15)30(21,26)27/h2-3,5-6,9,13H,4,7-8,10-12H2,1H3,(H2,21,26,27)(H,22,23,24)/t13-/m0/s1. The fourth-order valence-electron chi connectivity index (χ4n) is 3.95. The molecule has 0 radical (unpaired) electrons. The lowest BCUT2D eigenvalue weighted by Crippen LogP contribution is -2.60. The molecule has 30 heavy (non-hydrogen) atoms. The zero-order chi connectivity index (χ0) is 21.4. The molecule has 2 heterocycles. The normalized spacial score (nSPS) is 20.8. The minimum atomic E-state index is -3.90. The summed E-state index contributed by atoms with van der Waals surface area (Å²) in [6.45, 7) is 1.74. The van der Waals surface area contributed by atoms with Crippen molar-refractivity contribution in [1.29, 1.82) is 0 Å². The number of ether oxygens (including phenoxy) is 2. The number of nitrogens with one attached hydrogen (secondary N) is 1. The van der Waals surface area contributed by atoms with E-state index in [4.69, 9.17) is 26.2 Å². The van der Waals surface area contributed by atoms with Gasteiger partial charge in [-0.1, -0.05) is 23.7 Å². The lowest BCUT2D eigenvalue weighted by molar-refractivity contribution is -0.162. The first-order valence-corrected chi connectivity index (χ1v) is 11.6. The van der Waals surface area contributed by atoms with Crippen LogP contribution in [0.25, 0.3) is 0 Å². The first-order chi connectivity index (χ1) is 14.3. The molecule has 2 aliphatic rings. The number of aromatic nitrogens is 2. The van der Waals surface area contributed by atoms with Gasteiger partial charge in [-0.2, -0.15) is 4.98 Å². The lowest BCUT2D eigenvalue weighted by Gasteiger charge is -2.51. The predicted octanol–water partition coefficient (Wildman–Crippen LogP) is 2.30. The van der Waals surface area contributed by atoms with Gasteiger partial charge in [0.25, 0.3) is 0 Å². The molecule has 0 unspecified atom stereocenters. The Balaban J connectivity index is 1.63. The maximum Gasteiger partial charge on any atom is 0.240 e. The van der Waals surface area contributed by atoms with E-state index in [1.807, 2.05) is 0 Å².